The molecule has 6 nitrogen and oxygen atoms in total. The topological polar surface area (TPSA) is 95.9 Å². The fourth-order valence-electron chi connectivity index (χ4n) is 7.57. The van der Waals surface area contributed by atoms with Crippen molar-refractivity contribution in [3.05, 3.63) is 24.3 Å². The summed E-state index contributed by atoms with van der Waals surface area (Å²) in [5.41, 5.74) is 0. The van der Waals surface area contributed by atoms with Crippen LogP contribution in [0.2, 0.25) is 0 Å². The van der Waals surface area contributed by atoms with E-state index in [0.717, 1.165) is 44.9 Å². The number of unbranched alkanes of at least 4 members (excludes halogenated alkanes) is 33. The molecule has 0 aromatic rings. The van der Waals surface area contributed by atoms with Crippen LogP contribution in [-0.4, -0.2) is 47.4 Å². The molecular formula is C51H97NO5. The molecule has 0 saturated carbocycles. The Morgan fingerprint density at radius 3 is 1.26 bits per heavy atom. The van der Waals surface area contributed by atoms with Gasteiger partial charge in [0.25, 0.3) is 0 Å². The average molecular weight is 804 g/mol. The van der Waals surface area contributed by atoms with Gasteiger partial charge in [-0.25, -0.2) is 0 Å². The van der Waals surface area contributed by atoms with Crippen molar-refractivity contribution in [1.82, 2.24) is 5.32 Å². The second-order valence-electron chi connectivity index (χ2n) is 17.1. The van der Waals surface area contributed by atoms with Gasteiger partial charge in [-0.3, -0.25) is 9.59 Å². The number of hydrogen-bond acceptors (Lipinski definition) is 5. The van der Waals surface area contributed by atoms with Gasteiger partial charge in [-0.2, -0.15) is 0 Å². The monoisotopic (exact) mass is 804 g/mol. The third-order valence-corrected chi connectivity index (χ3v) is 11.5. The van der Waals surface area contributed by atoms with Gasteiger partial charge in [0.05, 0.1) is 25.4 Å². The number of esters is 1. The van der Waals surface area contributed by atoms with Crippen molar-refractivity contribution < 1.29 is 24.5 Å². The summed E-state index contributed by atoms with van der Waals surface area (Å²) in [6, 6.07) is -0.629. The van der Waals surface area contributed by atoms with Gasteiger partial charge in [-0.05, 0) is 57.8 Å². The van der Waals surface area contributed by atoms with Gasteiger partial charge in [0.1, 0.15) is 0 Å². The largest absolute Gasteiger partial charge is 0.466 e. The van der Waals surface area contributed by atoms with Crippen LogP contribution in [0.1, 0.15) is 264 Å². The van der Waals surface area contributed by atoms with E-state index in [1.807, 2.05) is 6.08 Å². The van der Waals surface area contributed by atoms with Gasteiger partial charge >= 0.3 is 5.97 Å². The summed E-state index contributed by atoms with van der Waals surface area (Å²) in [5, 5.41) is 22.9. The van der Waals surface area contributed by atoms with Crippen LogP contribution in [0.5, 0.6) is 0 Å². The predicted molar refractivity (Wildman–Crippen MR) is 246 cm³/mol. The van der Waals surface area contributed by atoms with E-state index in [1.54, 1.807) is 6.08 Å². The van der Waals surface area contributed by atoms with Crippen molar-refractivity contribution in [2.24, 2.45) is 0 Å². The summed E-state index contributed by atoms with van der Waals surface area (Å²) in [7, 11) is 0. The quantitative estimate of drug-likeness (QED) is 0.0324. The molecule has 0 aliphatic rings. The number of carbonyl (C=O) groups is 2. The maximum absolute atomic E-state index is 12.4. The highest BCUT2D eigenvalue weighted by Gasteiger charge is 2.18. The Balaban J connectivity index is 3.43. The first-order chi connectivity index (χ1) is 28.0. The highest BCUT2D eigenvalue weighted by Crippen LogP contribution is 2.16. The van der Waals surface area contributed by atoms with Gasteiger partial charge in [-0.15, -0.1) is 0 Å². The summed E-state index contributed by atoms with van der Waals surface area (Å²) >= 11 is 0. The number of ether oxygens (including phenoxy) is 1. The molecule has 0 saturated heterocycles. The smallest absolute Gasteiger partial charge is 0.305 e. The van der Waals surface area contributed by atoms with Gasteiger partial charge in [-0.1, -0.05) is 218 Å². The van der Waals surface area contributed by atoms with Crippen LogP contribution < -0.4 is 5.32 Å². The average Bonchev–Trinajstić information content (AvgIpc) is 3.21. The molecule has 0 rings (SSSR count). The Bertz CT molecular complexity index is 889. The molecule has 1 amide bonds. The minimum atomic E-state index is -0.845. The van der Waals surface area contributed by atoms with E-state index in [0.29, 0.717) is 19.4 Å². The number of nitrogens with one attached hydrogen (secondary N) is 1. The number of aliphatic hydroxyl groups is 2. The van der Waals surface area contributed by atoms with Crippen LogP contribution in [0, 0.1) is 0 Å². The van der Waals surface area contributed by atoms with E-state index in [9.17, 15) is 19.8 Å². The zero-order valence-electron chi connectivity index (χ0n) is 38.1. The van der Waals surface area contributed by atoms with Crippen LogP contribution in [0.25, 0.3) is 0 Å². The fraction of sp³-hybridized carbons (Fsp3) is 0.882. The van der Waals surface area contributed by atoms with Crippen LogP contribution in [0.15, 0.2) is 24.3 Å². The molecule has 0 aliphatic carbocycles. The molecule has 0 fully saturated rings. The fourth-order valence-corrected chi connectivity index (χ4v) is 7.57. The van der Waals surface area contributed by atoms with E-state index in [2.05, 4.69) is 31.3 Å². The van der Waals surface area contributed by atoms with Crippen LogP contribution >= 0.6 is 0 Å². The molecular weight excluding hydrogens is 707 g/mol. The Morgan fingerprint density at radius 1 is 0.474 bits per heavy atom. The Labute approximate surface area is 354 Å². The van der Waals surface area contributed by atoms with E-state index < -0.39 is 12.1 Å². The summed E-state index contributed by atoms with van der Waals surface area (Å²) < 4.78 is 5.45. The van der Waals surface area contributed by atoms with Gasteiger partial charge in [0.2, 0.25) is 5.91 Å². The lowest BCUT2D eigenvalue weighted by Crippen LogP contribution is -2.45. The molecule has 0 bridgehead atoms. The highest BCUT2D eigenvalue weighted by atomic mass is 16.5. The highest BCUT2D eigenvalue weighted by molar-refractivity contribution is 5.76. The summed E-state index contributed by atoms with van der Waals surface area (Å²) in [5.74, 6) is -0.0813. The van der Waals surface area contributed by atoms with Crippen LogP contribution in [0.4, 0.5) is 0 Å². The number of aliphatic hydroxyl groups excluding tert-OH is 2. The molecule has 2 atom stereocenters. The Hall–Kier alpha value is -1.66. The van der Waals surface area contributed by atoms with E-state index >= 15 is 0 Å². The van der Waals surface area contributed by atoms with Crippen molar-refractivity contribution in [3.63, 3.8) is 0 Å². The van der Waals surface area contributed by atoms with Crippen molar-refractivity contribution in [1.29, 1.82) is 0 Å². The first-order valence-electron chi connectivity index (χ1n) is 25.1. The van der Waals surface area contributed by atoms with Crippen molar-refractivity contribution in [3.8, 4) is 0 Å². The minimum absolute atomic E-state index is 0.00546. The zero-order valence-corrected chi connectivity index (χ0v) is 38.1. The molecule has 0 radical (unpaired) electrons. The zero-order chi connectivity index (χ0) is 41.5. The van der Waals surface area contributed by atoms with E-state index in [-0.39, 0.29) is 18.5 Å². The second kappa shape index (κ2) is 47.0. The lowest BCUT2D eigenvalue weighted by molar-refractivity contribution is -0.143. The van der Waals surface area contributed by atoms with Crippen molar-refractivity contribution >= 4 is 11.9 Å². The second-order valence-corrected chi connectivity index (χ2v) is 17.1. The number of hydrogen-bond donors (Lipinski definition) is 3. The minimum Gasteiger partial charge on any atom is -0.466 e. The number of amides is 1. The third kappa shape index (κ3) is 43.7. The molecule has 0 aromatic carbocycles. The molecule has 0 aromatic heterocycles. The maximum atomic E-state index is 12.4. The van der Waals surface area contributed by atoms with Crippen LogP contribution in [0.3, 0.4) is 0 Å². The van der Waals surface area contributed by atoms with Gasteiger partial charge < -0.3 is 20.3 Å². The summed E-state index contributed by atoms with van der Waals surface area (Å²) in [4.78, 5) is 24.4. The molecule has 0 heterocycles. The number of carbonyl (C=O) groups excluding carboxylic acids is 2. The normalized spacial score (nSPS) is 12.8. The van der Waals surface area contributed by atoms with Crippen LogP contribution in [-0.2, 0) is 14.3 Å². The molecule has 336 valence electrons. The standard InChI is InChI=1S/C51H97NO5/c1-3-5-7-9-11-13-15-21-25-29-33-37-41-45-51(56)57-46-42-38-34-30-26-23-20-18-16-17-19-22-24-28-32-36-40-44-50(55)52-48(47-53)49(54)43-39-35-31-27-14-12-10-8-6-4-2/h13,15,39,43,48-49,53-54H,3-12,14,16-38,40-42,44-47H2,1-2H3,(H,52,55)/b15-13-,43-39+. The van der Waals surface area contributed by atoms with E-state index in [4.69, 9.17) is 4.74 Å². The third-order valence-electron chi connectivity index (χ3n) is 11.5. The molecule has 6 heteroatoms. The first kappa shape index (κ1) is 55.3. The van der Waals surface area contributed by atoms with Crippen molar-refractivity contribution in [2.75, 3.05) is 13.2 Å². The van der Waals surface area contributed by atoms with E-state index in [1.165, 1.54) is 193 Å². The predicted octanol–water partition coefficient (Wildman–Crippen LogP) is 14.7. The SMILES string of the molecule is CCCCCC/C=C\CCCCCCCC(=O)OCCCCCCCCCCCCCCCCCCCC(=O)NC(CO)C(O)/C=C/CCCCCCCCCC. The lowest BCUT2D eigenvalue weighted by Gasteiger charge is -2.20. The Kier molecular flexibility index (Phi) is 45.7. The number of rotatable bonds is 46. The first-order valence-corrected chi connectivity index (χ1v) is 25.1. The summed E-state index contributed by atoms with van der Waals surface area (Å²) in [6.45, 7) is 4.85. The Morgan fingerprint density at radius 2 is 0.825 bits per heavy atom. The lowest BCUT2D eigenvalue weighted by atomic mass is 10.0. The number of allylic oxidation sites excluding steroid dienone is 3. The van der Waals surface area contributed by atoms with Gasteiger partial charge in [0, 0.05) is 12.8 Å². The summed E-state index contributed by atoms with van der Waals surface area (Å²) in [6.07, 6.45) is 54.6. The maximum Gasteiger partial charge on any atom is 0.305 e. The molecule has 0 aliphatic heterocycles. The molecule has 3 N–H and O–H groups in total. The molecule has 2 unspecified atom stereocenters. The molecule has 0 spiro atoms. The van der Waals surface area contributed by atoms with Gasteiger partial charge in [0.15, 0.2) is 0 Å². The molecule has 57 heavy (non-hydrogen) atoms. The van der Waals surface area contributed by atoms with Crippen molar-refractivity contribution in [2.45, 2.75) is 276 Å².